The van der Waals surface area contributed by atoms with Crippen molar-refractivity contribution in [3.63, 3.8) is 0 Å². The first-order chi connectivity index (χ1) is 10.4. The Morgan fingerprint density at radius 3 is 3.00 bits per heavy atom. The zero-order chi connectivity index (χ0) is 14.8. The largest absolute Gasteiger partial charge is 0.381 e. The average Bonchev–Trinajstić information content (AvgIpc) is 3.33. The van der Waals surface area contributed by atoms with Gasteiger partial charge >= 0.3 is 0 Å². The van der Waals surface area contributed by atoms with Gasteiger partial charge in [-0.1, -0.05) is 6.07 Å². The minimum Gasteiger partial charge on any atom is -0.381 e. The average molecular weight is 290 g/mol. The van der Waals surface area contributed by atoms with Gasteiger partial charge in [-0.05, 0) is 44.2 Å². The van der Waals surface area contributed by atoms with E-state index >= 15 is 0 Å². The Kier molecular flexibility index (Phi) is 7.01. The van der Waals surface area contributed by atoms with Crippen LogP contribution in [0, 0.1) is 5.92 Å². The number of ether oxygens (including phenoxy) is 1. The van der Waals surface area contributed by atoms with Crippen LogP contribution in [-0.4, -0.2) is 37.2 Å². The Balaban J connectivity index is 1.62. The fourth-order valence-electron chi connectivity index (χ4n) is 1.91. The zero-order valence-corrected chi connectivity index (χ0v) is 12.8. The van der Waals surface area contributed by atoms with E-state index in [-0.39, 0.29) is 0 Å². The normalized spacial score (nSPS) is 15.0. The van der Waals surface area contributed by atoms with Crippen LogP contribution in [0.3, 0.4) is 0 Å². The molecule has 5 nitrogen and oxygen atoms in total. The summed E-state index contributed by atoms with van der Waals surface area (Å²) in [6, 6.07) is 5.88. The van der Waals surface area contributed by atoms with Gasteiger partial charge in [-0.25, -0.2) is 4.99 Å². The Bertz CT molecular complexity index is 418. The molecule has 0 atom stereocenters. The van der Waals surface area contributed by atoms with E-state index in [1.165, 1.54) is 12.8 Å². The third-order valence-electron chi connectivity index (χ3n) is 3.28. The highest BCUT2D eigenvalue weighted by molar-refractivity contribution is 5.79. The molecule has 1 fully saturated rings. The standard InChI is InChI=1S/C16H26N4O/c1-2-17-16(20-12-15-6-3-4-9-18-15)19-10-5-11-21-13-14-7-8-14/h3-4,6,9,14H,2,5,7-8,10-13H2,1H3,(H2,17,19,20). The van der Waals surface area contributed by atoms with Crippen molar-refractivity contribution < 1.29 is 4.74 Å². The van der Waals surface area contributed by atoms with Gasteiger partial charge in [0.05, 0.1) is 12.2 Å². The fraction of sp³-hybridized carbons (Fsp3) is 0.625. The number of nitrogens with zero attached hydrogens (tertiary/aromatic N) is 2. The lowest BCUT2D eigenvalue weighted by Gasteiger charge is -2.11. The number of nitrogens with one attached hydrogen (secondary N) is 2. The number of aliphatic imine (C=N–C) groups is 1. The molecule has 0 aliphatic heterocycles. The predicted octanol–water partition coefficient (Wildman–Crippen LogP) is 1.95. The molecule has 5 heteroatoms. The summed E-state index contributed by atoms with van der Waals surface area (Å²) in [6.07, 6.45) is 5.50. The summed E-state index contributed by atoms with van der Waals surface area (Å²) in [6.45, 7) is 6.15. The zero-order valence-electron chi connectivity index (χ0n) is 12.8. The van der Waals surface area contributed by atoms with E-state index in [4.69, 9.17) is 4.74 Å². The van der Waals surface area contributed by atoms with Crippen LogP contribution in [0.2, 0.25) is 0 Å². The summed E-state index contributed by atoms with van der Waals surface area (Å²) >= 11 is 0. The smallest absolute Gasteiger partial charge is 0.191 e. The van der Waals surface area contributed by atoms with Crippen molar-refractivity contribution in [3.05, 3.63) is 30.1 Å². The Morgan fingerprint density at radius 1 is 1.38 bits per heavy atom. The molecule has 1 heterocycles. The predicted molar refractivity (Wildman–Crippen MR) is 85.2 cm³/mol. The lowest BCUT2D eigenvalue weighted by atomic mass is 10.3. The van der Waals surface area contributed by atoms with Crippen LogP contribution in [0.4, 0.5) is 0 Å². The molecule has 0 spiro atoms. The van der Waals surface area contributed by atoms with Crippen molar-refractivity contribution in [2.45, 2.75) is 32.7 Å². The second-order valence-electron chi connectivity index (χ2n) is 5.31. The van der Waals surface area contributed by atoms with Crippen molar-refractivity contribution in [1.82, 2.24) is 15.6 Å². The number of guanidine groups is 1. The van der Waals surface area contributed by atoms with Gasteiger partial charge in [-0.2, -0.15) is 0 Å². The molecule has 0 radical (unpaired) electrons. The first-order valence-corrected chi connectivity index (χ1v) is 7.88. The van der Waals surface area contributed by atoms with Crippen LogP contribution in [0.25, 0.3) is 0 Å². The topological polar surface area (TPSA) is 58.5 Å². The highest BCUT2D eigenvalue weighted by Crippen LogP contribution is 2.28. The van der Waals surface area contributed by atoms with Crippen molar-refractivity contribution in [1.29, 1.82) is 0 Å². The molecule has 1 aromatic heterocycles. The summed E-state index contributed by atoms with van der Waals surface area (Å²) in [7, 11) is 0. The summed E-state index contributed by atoms with van der Waals surface area (Å²) < 4.78 is 5.62. The Hall–Kier alpha value is -1.62. The van der Waals surface area contributed by atoms with Crippen molar-refractivity contribution in [3.8, 4) is 0 Å². The van der Waals surface area contributed by atoms with Gasteiger partial charge < -0.3 is 15.4 Å². The molecule has 2 rings (SSSR count). The van der Waals surface area contributed by atoms with Gasteiger partial charge in [0.1, 0.15) is 0 Å². The molecule has 0 aromatic carbocycles. The molecule has 21 heavy (non-hydrogen) atoms. The van der Waals surface area contributed by atoms with Gasteiger partial charge in [0, 0.05) is 32.5 Å². The number of aromatic nitrogens is 1. The van der Waals surface area contributed by atoms with E-state index in [2.05, 4.69) is 27.5 Å². The molecule has 1 saturated carbocycles. The van der Waals surface area contributed by atoms with Crippen LogP contribution >= 0.6 is 0 Å². The SMILES string of the molecule is CCNC(=NCc1ccccn1)NCCCOCC1CC1. The van der Waals surface area contributed by atoms with E-state index in [1.54, 1.807) is 6.20 Å². The lowest BCUT2D eigenvalue weighted by Crippen LogP contribution is -2.38. The number of rotatable bonds is 9. The van der Waals surface area contributed by atoms with E-state index in [1.807, 2.05) is 18.2 Å². The van der Waals surface area contributed by atoms with Crippen LogP contribution in [-0.2, 0) is 11.3 Å². The first-order valence-electron chi connectivity index (χ1n) is 7.88. The van der Waals surface area contributed by atoms with Gasteiger partial charge in [0.15, 0.2) is 5.96 Å². The molecule has 0 bridgehead atoms. The Labute approximate surface area is 127 Å². The van der Waals surface area contributed by atoms with E-state index in [9.17, 15) is 0 Å². The van der Waals surface area contributed by atoms with Crippen molar-refractivity contribution in [2.75, 3.05) is 26.3 Å². The summed E-state index contributed by atoms with van der Waals surface area (Å²) in [4.78, 5) is 8.80. The quantitative estimate of drug-likeness (QED) is 0.415. The van der Waals surface area contributed by atoms with Gasteiger partial charge in [0.25, 0.3) is 0 Å². The second kappa shape index (κ2) is 9.34. The second-order valence-corrected chi connectivity index (χ2v) is 5.31. The molecule has 1 aliphatic carbocycles. The molecular weight excluding hydrogens is 264 g/mol. The third-order valence-corrected chi connectivity index (χ3v) is 3.28. The maximum atomic E-state index is 5.62. The van der Waals surface area contributed by atoms with Gasteiger partial charge in [-0.3, -0.25) is 4.98 Å². The van der Waals surface area contributed by atoms with Crippen molar-refractivity contribution >= 4 is 5.96 Å². The van der Waals surface area contributed by atoms with E-state index in [0.717, 1.165) is 50.3 Å². The third kappa shape index (κ3) is 7.09. The Morgan fingerprint density at radius 2 is 2.29 bits per heavy atom. The summed E-state index contributed by atoms with van der Waals surface area (Å²) in [5.41, 5.74) is 0.975. The number of hydrogen-bond donors (Lipinski definition) is 2. The summed E-state index contributed by atoms with van der Waals surface area (Å²) in [5.74, 6) is 1.68. The molecule has 0 saturated heterocycles. The minimum atomic E-state index is 0.592. The number of pyridine rings is 1. The molecule has 116 valence electrons. The highest BCUT2D eigenvalue weighted by atomic mass is 16.5. The molecule has 0 unspecified atom stereocenters. The van der Waals surface area contributed by atoms with Crippen LogP contribution in [0.1, 0.15) is 31.9 Å². The monoisotopic (exact) mass is 290 g/mol. The van der Waals surface area contributed by atoms with Gasteiger partial charge in [-0.15, -0.1) is 0 Å². The van der Waals surface area contributed by atoms with Crippen molar-refractivity contribution in [2.24, 2.45) is 10.9 Å². The molecule has 2 N–H and O–H groups in total. The van der Waals surface area contributed by atoms with Gasteiger partial charge in [0.2, 0.25) is 0 Å². The van der Waals surface area contributed by atoms with Crippen LogP contribution in [0.15, 0.2) is 29.4 Å². The molecular formula is C16H26N4O. The number of hydrogen-bond acceptors (Lipinski definition) is 3. The minimum absolute atomic E-state index is 0.592. The van der Waals surface area contributed by atoms with E-state index < -0.39 is 0 Å². The lowest BCUT2D eigenvalue weighted by molar-refractivity contribution is 0.123. The molecule has 0 amide bonds. The highest BCUT2D eigenvalue weighted by Gasteiger charge is 2.20. The van der Waals surface area contributed by atoms with Crippen LogP contribution < -0.4 is 10.6 Å². The summed E-state index contributed by atoms with van der Waals surface area (Å²) in [5, 5.41) is 6.57. The molecule has 1 aromatic rings. The first kappa shape index (κ1) is 15.8. The van der Waals surface area contributed by atoms with E-state index in [0.29, 0.717) is 6.54 Å². The fourth-order valence-corrected chi connectivity index (χ4v) is 1.91. The maximum absolute atomic E-state index is 5.62. The maximum Gasteiger partial charge on any atom is 0.191 e. The molecule has 1 aliphatic rings. The van der Waals surface area contributed by atoms with Crippen LogP contribution in [0.5, 0.6) is 0 Å².